The maximum Gasteiger partial charge on any atom is 0.442 e. The minimum atomic E-state index is -4.98. The third kappa shape index (κ3) is 4.63. The average molecular weight is 384 g/mol. The number of halogens is 3. The molecule has 1 atom stereocenters. The molecule has 0 aliphatic rings. The van der Waals surface area contributed by atoms with Crippen LogP contribution in [0.15, 0.2) is 24.3 Å². The second kappa shape index (κ2) is 7.77. The summed E-state index contributed by atoms with van der Waals surface area (Å²) in [5, 5.41) is 16.9. The normalized spacial score (nSPS) is 12.7. The SMILES string of the molecule is CCC(NC(=O)Cn1nc(C(F)(F)F)c([N+](=O)[O-])c1C)c1ccc(C)cc1. The van der Waals surface area contributed by atoms with Crippen LogP contribution in [0.4, 0.5) is 18.9 Å². The molecule has 0 aliphatic heterocycles. The van der Waals surface area contributed by atoms with E-state index >= 15 is 0 Å². The van der Waals surface area contributed by atoms with Crippen LogP contribution in [-0.2, 0) is 17.5 Å². The number of alkyl halides is 3. The van der Waals surface area contributed by atoms with Gasteiger partial charge in [0.05, 0.1) is 11.0 Å². The number of hydrogen-bond donors (Lipinski definition) is 1. The molecule has 0 bridgehead atoms. The lowest BCUT2D eigenvalue weighted by Gasteiger charge is -2.18. The van der Waals surface area contributed by atoms with Crippen LogP contribution in [0.1, 0.15) is 41.9 Å². The summed E-state index contributed by atoms with van der Waals surface area (Å²) in [6.45, 7) is 4.36. The number of hydrogen-bond acceptors (Lipinski definition) is 4. The summed E-state index contributed by atoms with van der Waals surface area (Å²) in [6.07, 6.45) is -4.41. The van der Waals surface area contributed by atoms with Crippen molar-refractivity contribution >= 4 is 11.6 Å². The van der Waals surface area contributed by atoms with Crippen LogP contribution in [0.5, 0.6) is 0 Å². The summed E-state index contributed by atoms with van der Waals surface area (Å²) in [5.41, 5.74) is -1.16. The Morgan fingerprint density at radius 2 is 1.89 bits per heavy atom. The lowest BCUT2D eigenvalue weighted by atomic mass is 10.0. The summed E-state index contributed by atoms with van der Waals surface area (Å²) >= 11 is 0. The summed E-state index contributed by atoms with van der Waals surface area (Å²) in [5.74, 6) is -0.586. The van der Waals surface area contributed by atoms with Gasteiger partial charge in [0, 0.05) is 0 Å². The maximum absolute atomic E-state index is 13.0. The molecule has 2 rings (SSSR count). The summed E-state index contributed by atoms with van der Waals surface area (Å²) in [7, 11) is 0. The van der Waals surface area contributed by atoms with Crippen LogP contribution in [0, 0.1) is 24.0 Å². The van der Waals surface area contributed by atoms with E-state index in [4.69, 9.17) is 0 Å². The molecule has 0 aliphatic carbocycles. The number of aryl methyl sites for hydroxylation is 1. The molecule has 1 unspecified atom stereocenters. The first-order chi connectivity index (χ1) is 12.5. The van der Waals surface area contributed by atoms with Gasteiger partial charge in [-0.25, -0.2) is 0 Å². The molecule has 10 heteroatoms. The van der Waals surface area contributed by atoms with Crippen molar-refractivity contribution in [1.29, 1.82) is 0 Å². The Morgan fingerprint density at radius 1 is 1.30 bits per heavy atom. The second-order valence-electron chi connectivity index (χ2n) is 6.13. The van der Waals surface area contributed by atoms with E-state index in [-0.39, 0.29) is 11.7 Å². The molecule has 1 heterocycles. The zero-order valence-corrected chi connectivity index (χ0v) is 15.0. The molecule has 7 nitrogen and oxygen atoms in total. The van der Waals surface area contributed by atoms with Crippen molar-refractivity contribution in [1.82, 2.24) is 15.1 Å². The molecule has 1 aromatic heterocycles. The fourth-order valence-electron chi connectivity index (χ4n) is 2.70. The number of nitrogens with one attached hydrogen (secondary N) is 1. The van der Waals surface area contributed by atoms with Gasteiger partial charge in [-0.1, -0.05) is 36.8 Å². The minimum absolute atomic E-state index is 0.328. The van der Waals surface area contributed by atoms with Gasteiger partial charge in [0.1, 0.15) is 12.2 Å². The van der Waals surface area contributed by atoms with Gasteiger partial charge < -0.3 is 5.32 Å². The first-order valence-electron chi connectivity index (χ1n) is 8.19. The predicted molar refractivity (Wildman–Crippen MR) is 91.0 cm³/mol. The summed E-state index contributed by atoms with van der Waals surface area (Å²) in [6, 6.07) is 7.16. The van der Waals surface area contributed by atoms with E-state index in [1.54, 1.807) is 0 Å². The van der Waals surface area contributed by atoms with E-state index < -0.39 is 34.9 Å². The van der Waals surface area contributed by atoms with Crippen molar-refractivity contribution in [2.24, 2.45) is 0 Å². The molecule has 1 N–H and O–H groups in total. The van der Waals surface area contributed by atoms with Crippen LogP contribution >= 0.6 is 0 Å². The molecule has 0 fully saturated rings. The number of carbonyl (C=O) groups excluding carboxylic acids is 1. The highest BCUT2D eigenvalue weighted by molar-refractivity contribution is 5.76. The van der Waals surface area contributed by atoms with Crippen LogP contribution in [0.25, 0.3) is 0 Å². The van der Waals surface area contributed by atoms with Crippen molar-refractivity contribution in [3.05, 3.63) is 56.9 Å². The molecule has 1 aromatic carbocycles. The number of carbonyl (C=O) groups is 1. The highest BCUT2D eigenvalue weighted by atomic mass is 19.4. The van der Waals surface area contributed by atoms with Gasteiger partial charge in [0.15, 0.2) is 0 Å². The molecule has 0 spiro atoms. The predicted octanol–water partition coefficient (Wildman–Crippen LogP) is 3.69. The molecule has 0 saturated carbocycles. The average Bonchev–Trinajstić information content (AvgIpc) is 2.90. The van der Waals surface area contributed by atoms with Crippen LogP contribution in [-0.4, -0.2) is 20.6 Å². The van der Waals surface area contributed by atoms with Gasteiger partial charge in [-0.05, 0) is 25.8 Å². The lowest BCUT2D eigenvalue weighted by molar-refractivity contribution is -0.388. The second-order valence-corrected chi connectivity index (χ2v) is 6.13. The first-order valence-corrected chi connectivity index (χ1v) is 8.19. The number of nitro groups is 1. The largest absolute Gasteiger partial charge is 0.442 e. The van der Waals surface area contributed by atoms with E-state index in [9.17, 15) is 28.1 Å². The van der Waals surface area contributed by atoms with E-state index in [0.717, 1.165) is 18.1 Å². The van der Waals surface area contributed by atoms with E-state index in [2.05, 4.69) is 10.4 Å². The van der Waals surface area contributed by atoms with Gasteiger partial charge in [-0.3, -0.25) is 19.6 Å². The molecular formula is C17H19F3N4O3. The highest BCUT2D eigenvalue weighted by Gasteiger charge is 2.44. The Kier molecular flexibility index (Phi) is 5.87. The quantitative estimate of drug-likeness (QED) is 0.607. The number of amides is 1. The summed E-state index contributed by atoms with van der Waals surface area (Å²) < 4.78 is 39.6. The van der Waals surface area contributed by atoms with Crippen LogP contribution < -0.4 is 5.32 Å². The molecule has 1 amide bonds. The number of aromatic nitrogens is 2. The Morgan fingerprint density at radius 3 is 2.33 bits per heavy atom. The highest BCUT2D eigenvalue weighted by Crippen LogP contribution is 2.36. The van der Waals surface area contributed by atoms with E-state index in [1.807, 2.05) is 38.1 Å². The lowest BCUT2D eigenvalue weighted by Crippen LogP contribution is -2.32. The first kappa shape index (κ1) is 20.4. The standard InChI is InChI=1S/C17H19F3N4O3/c1-4-13(12-7-5-10(2)6-8-12)21-14(25)9-23-11(3)15(24(26)27)16(22-23)17(18,19)20/h5-8,13H,4,9H2,1-3H3,(H,21,25). The Labute approximate surface area is 153 Å². The van der Waals surface area contributed by atoms with Crippen molar-refractivity contribution in [2.75, 3.05) is 0 Å². The molecule has 27 heavy (non-hydrogen) atoms. The smallest absolute Gasteiger partial charge is 0.348 e. The molecule has 146 valence electrons. The van der Waals surface area contributed by atoms with Crippen molar-refractivity contribution < 1.29 is 22.9 Å². The van der Waals surface area contributed by atoms with E-state index in [1.165, 1.54) is 0 Å². The van der Waals surface area contributed by atoms with Gasteiger partial charge in [-0.2, -0.15) is 18.3 Å². The van der Waals surface area contributed by atoms with Crippen molar-refractivity contribution in [3.8, 4) is 0 Å². The van der Waals surface area contributed by atoms with Gasteiger partial charge >= 0.3 is 11.9 Å². The minimum Gasteiger partial charge on any atom is -0.348 e. The zero-order chi connectivity index (χ0) is 20.4. The maximum atomic E-state index is 13.0. The van der Waals surface area contributed by atoms with Crippen molar-refractivity contribution in [3.63, 3.8) is 0 Å². The molecule has 0 saturated heterocycles. The Bertz CT molecular complexity index is 844. The topological polar surface area (TPSA) is 90.1 Å². The monoisotopic (exact) mass is 384 g/mol. The van der Waals surface area contributed by atoms with Gasteiger partial charge in [0.2, 0.25) is 11.6 Å². The van der Waals surface area contributed by atoms with Gasteiger partial charge in [0.25, 0.3) is 0 Å². The number of benzene rings is 1. The number of nitrogens with zero attached hydrogens (tertiary/aromatic N) is 3. The Balaban J connectivity index is 2.22. The zero-order valence-electron chi connectivity index (χ0n) is 15.0. The third-order valence-corrected chi connectivity index (χ3v) is 4.14. The fraction of sp³-hybridized carbons (Fsp3) is 0.412. The molecule has 2 aromatic rings. The summed E-state index contributed by atoms with van der Waals surface area (Å²) in [4.78, 5) is 22.1. The number of rotatable bonds is 6. The van der Waals surface area contributed by atoms with Gasteiger partial charge in [-0.15, -0.1) is 0 Å². The van der Waals surface area contributed by atoms with E-state index in [0.29, 0.717) is 11.1 Å². The third-order valence-electron chi connectivity index (χ3n) is 4.14. The van der Waals surface area contributed by atoms with Crippen LogP contribution in [0.2, 0.25) is 0 Å². The molecular weight excluding hydrogens is 365 g/mol. The molecule has 0 radical (unpaired) electrons. The van der Waals surface area contributed by atoms with Crippen molar-refractivity contribution in [2.45, 2.75) is 46.0 Å². The van der Waals surface area contributed by atoms with Crippen LogP contribution in [0.3, 0.4) is 0 Å². The fourth-order valence-corrected chi connectivity index (χ4v) is 2.70. The Hall–Kier alpha value is -2.91.